The Morgan fingerprint density at radius 2 is 2.42 bits per heavy atom. The molecule has 0 aromatic heterocycles. The molecule has 0 spiro atoms. The highest BCUT2D eigenvalue weighted by atomic mass is 35.5. The first-order valence-corrected chi connectivity index (χ1v) is 5.96. The highest BCUT2D eigenvalue weighted by molar-refractivity contribution is 7.99. The first-order valence-electron chi connectivity index (χ1n) is 4.13. The van der Waals surface area contributed by atoms with Crippen molar-refractivity contribution in [2.24, 2.45) is 5.92 Å². The van der Waals surface area contributed by atoms with Gasteiger partial charge in [-0.05, 0) is 25.0 Å². The van der Waals surface area contributed by atoms with Crippen molar-refractivity contribution < 1.29 is 4.79 Å². The average molecular weight is 208 g/mol. The van der Waals surface area contributed by atoms with Crippen LogP contribution in [0.4, 0.5) is 0 Å². The number of nitrogens with one attached hydrogen (secondary N) is 1. The minimum atomic E-state index is 0.0915. The first kappa shape index (κ1) is 10.2. The lowest BCUT2D eigenvalue weighted by Crippen LogP contribution is -2.31. The molecule has 4 heteroatoms. The second kappa shape index (κ2) is 4.97. The van der Waals surface area contributed by atoms with Gasteiger partial charge in [-0.1, -0.05) is 0 Å². The quantitative estimate of drug-likeness (QED) is 0.693. The predicted molar refractivity (Wildman–Crippen MR) is 53.8 cm³/mol. The number of thioether (sulfide) groups is 1. The van der Waals surface area contributed by atoms with Gasteiger partial charge in [0.25, 0.3) is 0 Å². The zero-order valence-electron chi connectivity index (χ0n) is 7.18. The minimum absolute atomic E-state index is 0.0915. The van der Waals surface area contributed by atoms with Crippen molar-refractivity contribution in [3.8, 4) is 0 Å². The van der Waals surface area contributed by atoms with Gasteiger partial charge < -0.3 is 5.32 Å². The normalized spacial score (nSPS) is 18.8. The lowest BCUT2D eigenvalue weighted by Gasteiger charge is -2.08. The van der Waals surface area contributed by atoms with E-state index in [1.807, 2.05) is 6.26 Å². The maximum absolute atomic E-state index is 11.0. The minimum Gasteiger partial charge on any atom is -0.354 e. The van der Waals surface area contributed by atoms with E-state index in [0.717, 1.165) is 0 Å². The van der Waals surface area contributed by atoms with Crippen molar-refractivity contribution in [1.82, 2.24) is 5.32 Å². The number of alkyl halides is 1. The molecule has 0 radical (unpaired) electrons. The van der Waals surface area contributed by atoms with Gasteiger partial charge in [-0.3, -0.25) is 4.79 Å². The van der Waals surface area contributed by atoms with Crippen molar-refractivity contribution in [2.45, 2.75) is 18.2 Å². The Labute approximate surface area is 82.4 Å². The third-order valence-corrected chi connectivity index (χ3v) is 2.96. The van der Waals surface area contributed by atoms with Gasteiger partial charge in [-0.15, -0.1) is 11.6 Å². The molecule has 1 atom stereocenters. The van der Waals surface area contributed by atoms with E-state index >= 15 is 0 Å². The Morgan fingerprint density at radius 1 is 1.75 bits per heavy atom. The molecule has 1 rings (SSSR count). The van der Waals surface area contributed by atoms with Crippen molar-refractivity contribution >= 4 is 29.3 Å². The van der Waals surface area contributed by atoms with Gasteiger partial charge in [0, 0.05) is 6.54 Å². The van der Waals surface area contributed by atoms with Crippen LogP contribution in [-0.2, 0) is 4.79 Å². The van der Waals surface area contributed by atoms with Gasteiger partial charge in [-0.25, -0.2) is 0 Å². The van der Waals surface area contributed by atoms with Crippen LogP contribution in [0.5, 0.6) is 0 Å². The highest BCUT2D eigenvalue weighted by Gasteiger charge is 2.29. The summed E-state index contributed by atoms with van der Waals surface area (Å²) in [7, 11) is 0. The van der Waals surface area contributed by atoms with Crippen LogP contribution in [0.25, 0.3) is 0 Å². The lowest BCUT2D eigenvalue weighted by atomic mass is 10.3. The van der Waals surface area contributed by atoms with Crippen molar-refractivity contribution in [3.63, 3.8) is 0 Å². The molecule has 0 bridgehead atoms. The molecule has 1 aliphatic rings. The molecule has 1 aliphatic carbocycles. The molecule has 0 aromatic rings. The molecule has 1 saturated carbocycles. The second-order valence-corrected chi connectivity index (χ2v) is 4.52. The zero-order valence-corrected chi connectivity index (χ0v) is 8.75. The SMILES string of the molecule is CSCC(=O)NCC(Cl)C1CC1. The molecule has 1 fully saturated rings. The summed E-state index contributed by atoms with van der Waals surface area (Å²) < 4.78 is 0. The monoisotopic (exact) mass is 207 g/mol. The van der Waals surface area contributed by atoms with Gasteiger partial charge in [0.15, 0.2) is 0 Å². The first-order chi connectivity index (χ1) is 5.74. The molecular formula is C8H14ClNOS. The van der Waals surface area contributed by atoms with E-state index in [2.05, 4.69) is 5.32 Å². The molecule has 12 heavy (non-hydrogen) atoms. The lowest BCUT2D eigenvalue weighted by molar-refractivity contribution is -0.118. The van der Waals surface area contributed by atoms with Crippen LogP contribution < -0.4 is 5.32 Å². The fraction of sp³-hybridized carbons (Fsp3) is 0.875. The van der Waals surface area contributed by atoms with Crippen molar-refractivity contribution in [3.05, 3.63) is 0 Å². The van der Waals surface area contributed by atoms with E-state index in [4.69, 9.17) is 11.6 Å². The van der Waals surface area contributed by atoms with Gasteiger partial charge in [0.1, 0.15) is 0 Å². The molecule has 0 aromatic carbocycles. The summed E-state index contributed by atoms with van der Waals surface area (Å²) >= 11 is 7.53. The summed E-state index contributed by atoms with van der Waals surface area (Å²) in [6.07, 6.45) is 4.37. The number of hydrogen-bond acceptors (Lipinski definition) is 2. The van der Waals surface area contributed by atoms with Gasteiger partial charge in [0.05, 0.1) is 11.1 Å². The molecule has 70 valence electrons. The Kier molecular flexibility index (Phi) is 4.22. The van der Waals surface area contributed by atoms with Crippen LogP contribution in [0, 0.1) is 5.92 Å². The Bertz CT molecular complexity index is 161. The molecule has 0 aliphatic heterocycles. The van der Waals surface area contributed by atoms with Crippen LogP contribution >= 0.6 is 23.4 Å². The van der Waals surface area contributed by atoms with Crippen LogP contribution in [0.3, 0.4) is 0 Å². The van der Waals surface area contributed by atoms with Gasteiger partial charge >= 0.3 is 0 Å². The Balaban J connectivity index is 2.03. The van der Waals surface area contributed by atoms with Crippen molar-refractivity contribution in [1.29, 1.82) is 0 Å². The second-order valence-electron chi connectivity index (χ2n) is 3.09. The number of amides is 1. The molecule has 0 heterocycles. The summed E-state index contributed by atoms with van der Waals surface area (Å²) in [6.45, 7) is 0.631. The van der Waals surface area contributed by atoms with E-state index in [1.165, 1.54) is 24.6 Å². The number of carbonyl (C=O) groups excluding carboxylic acids is 1. The van der Waals surface area contributed by atoms with Crippen LogP contribution in [0.1, 0.15) is 12.8 Å². The average Bonchev–Trinajstić information content (AvgIpc) is 2.83. The third-order valence-electron chi connectivity index (χ3n) is 1.90. The summed E-state index contributed by atoms with van der Waals surface area (Å²) in [5.74, 6) is 1.28. The van der Waals surface area contributed by atoms with Crippen molar-refractivity contribution in [2.75, 3.05) is 18.6 Å². The molecule has 2 nitrogen and oxygen atoms in total. The van der Waals surface area contributed by atoms with E-state index < -0.39 is 0 Å². The number of carbonyl (C=O) groups is 1. The van der Waals surface area contributed by atoms with E-state index in [1.54, 1.807) is 0 Å². The maximum Gasteiger partial charge on any atom is 0.230 e. The fourth-order valence-electron chi connectivity index (χ4n) is 1.02. The van der Waals surface area contributed by atoms with Crippen LogP contribution in [0.2, 0.25) is 0 Å². The van der Waals surface area contributed by atoms with Gasteiger partial charge in [-0.2, -0.15) is 11.8 Å². The molecule has 1 N–H and O–H groups in total. The van der Waals surface area contributed by atoms with Crippen LogP contribution in [-0.4, -0.2) is 29.8 Å². The smallest absolute Gasteiger partial charge is 0.230 e. The number of hydrogen-bond donors (Lipinski definition) is 1. The summed E-state index contributed by atoms with van der Waals surface area (Å²) in [4.78, 5) is 11.0. The molecule has 1 amide bonds. The molecule has 1 unspecified atom stereocenters. The van der Waals surface area contributed by atoms with E-state index in [0.29, 0.717) is 18.2 Å². The zero-order chi connectivity index (χ0) is 8.97. The van der Waals surface area contributed by atoms with E-state index in [9.17, 15) is 4.79 Å². The Morgan fingerprint density at radius 3 is 2.92 bits per heavy atom. The summed E-state index contributed by atoms with van der Waals surface area (Å²) in [5.41, 5.74) is 0. The molecule has 0 saturated heterocycles. The molecular weight excluding hydrogens is 194 g/mol. The standard InChI is InChI=1S/C8H14ClNOS/c1-12-5-8(11)10-4-7(9)6-2-3-6/h6-7H,2-5H2,1H3,(H,10,11). The highest BCUT2D eigenvalue weighted by Crippen LogP contribution is 2.35. The van der Waals surface area contributed by atoms with Gasteiger partial charge in [0.2, 0.25) is 5.91 Å². The predicted octanol–water partition coefficient (Wildman–Crippen LogP) is 1.48. The largest absolute Gasteiger partial charge is 0.354 e. The number of halogens is 1. The summed E-state index contributed by atoms with van der Waals surface area (Å²) in [6, 6.07) is 0. The Hall–Kier alpha value is 0.110. The maximum atomic E-state index is 11.0. The number of rotatable bonds is 5. The third kappa shape index (κ3) is 3.68. The van der Waals surface area contributed by atoms with Crippen LogP contribution in [0.15, 0.2) is 0 Å². The topological polar surface area (TPSA) is 29.1 Å². The van der Waals surface area contributed by atoms with E-state index in [-0.39, 0.29) is 11.3 Å². The fourth-order valence-corrected chi connectivity index (χ4v) is 1.71. The summed E-state index contributed by atoms with van der Waals surface area (Å²) in [5, 5.41) is 2.96.